The summed E-state index contributed by atoms with van der Waals surface area (Å²) in [7, 11) is 1.37. The second kappa shape index (κ2) is 24.4. The maximum atomic E-state index is 12.2. The number of carboxylic acids is 1. The van der Waals surface area contributed by atoms with E-state index in [0.29, 0.717) is 6.61 Å². The van der Waals surface area contributed by atoms with Crippen molar-refractivity contribution in [3.63, 3.8) is 0 Å². The zero-order chi connectivity index (χ0) is 31.5. The Balaban J connectivity index is 2.10. The van der Waals surface area contributed by atoms with Crippen molar-refractivity contribution in [1.82, 2.24) is 5.32 Å². The quantitative estimate of drug-likeness (QED) is 0.0502. The highest BCUT2D eigenvalue weighted by Crippen LogP contribution is 2.21. The first-order valence-electron chi connectivity index (χ1n) is 14.6. The molecule has 0 bridgehead atoms. The maximum absolute atomic E-state index is 12.2. The van der Waals surface area contributed by atoms with E-state index in [4.69, 9.17) is 19.3 Å². The summed E-state index contributed by atoms with van der Waals surface area (Å²) in [6.45, 7) is 2.39. The Bertz CT molecular complexity index is 1110. The van der Waals surface area contributed by atoms with Gasteiger partial charge >= 0.3 is 12.1 Å². The van der Waals surface area contributed by atoms with Crippen LogP contribution in [-0.4, -0.2) is 61.3 Å². The molecule has 0 aromatic heterocycles. The minimum absolute atomic E-state index is 0.0233. The van der Waals surface area contributed by atoms with E-state index < -0.39 is 30.0 Å². The van der Waals surface area contributed by atoms with Crippen LogP contribution in [0, 0.1) is 0 Å². The van der Waals surface area contributed by atoms with Crippen LogP contribution in [0.2, 0.25) is 0 Å². The Morgan fingerprint density at radius 2 is 1.47 bits per heavy atom. The summed E-state index contributed by atoms with van der Waals surface area (Å²) in [4.78, 5) is 35.2. The van der Waals surface area contributed by atoms with Gasteiger partial charge in [0.05, 0.1) is 13.2 Å². The van der Waals surface area contributed by atoms with Crippen LogP contribution in [0.1, 0.15) is 68.6 Å². The lowest BCUT2D eigenvalue weighted by Crippen LogP contribution is -2.39. The molecule has 1 aromatic rings. The van der Waals surface area contributed by atoms with E-state index in [1.807, 2.05) is 0 Å². The van der Waals surface area contributed by atoms with Crippen LogP contribution in [-0.2, 0) is 19.0 Å². The number of carbonyl (C=O) groups is 3. The number of methoxy groups -OCH3 is 1. The fourth-order valence-electron chi connectivity index (χ4n) is 3.51. The molecule has 0 aliphatic heterocycles. The van der Waals surface area contributed by atoms with Crippen molar-refractivity contribution in [2.24, 2.45) is 0 Å². The summed E-state index contributed by atoms with van der Waals surface area (Å²) < 4.78 is 15.6. The molecule has 4 N–H and O–H groups in total. The molecule has 0 heterocycles. The van der Waals surface area contributed by atoms with Gasteiger partial charge in [-0.05, 0) is 69.6 Å². The van der Waals surface area contributed by atoms with E-state index in [2.05, 4.69) is 78.3 Å². The minimum Gasteiger partial charge on any atom is -0.507 e. The van der Waals surface area contributed by atoms with E-state index in [-0.39, 0.29) is 24.4 Å². The zero-order valence-corrected chi connectivity index (χ0v) is 25.2. The van der Waals surface area contributed by atoms with Crippen molar-refractivity contribution in [2.45, 2.75) is 64.6 Å². The fourth-order valence-corrected chi connectivity index (χ4v) is 3.51. The molecule has 43 heavy (non-hydrogen) atoms. The van der Waals surface area contributed by atoms with Gasteiger partial charge in [-0.25, -0.2) is 9.59 Å². The number of benzene rings is 1. The molecule has 0 saturated heterocycles. The molecule has 0 fully saturated rings. The monoisotopic (exact) mass is 598 g/mol. The maximum Gasteiger partial charge on any atom is 0.411 e. The van der Waals surface area contributed by atoms with Crippen molar-refractivity contribution in [1.29, 1.82) is 0 Å². The third-order valence-electron chi connectivity index (χ3n) is 5.73. The van der Waals surface area contributed by atoms with Crippen LogP contribution in [0.25, 0.3) is 0 Å². The standard InChI is InChI=1S/C33H46N2O8/c1-3-4-5-6-7-8-9-10-11-12-13-14-15-16-17-18-19-20-24-42-32(41-2)30(37)34-23-25-43-33(40)35-27-21-22-29(36)28(26-27)31(38)39/h4-5,7-8,10-11,13-14,16-17,21-22,26,32,36H,3,6,9,12,15,18-20,23-25H2,1-2H3,(H,34,37)(H,35,40)(H,38,39)/b5-4-,8-7-,11-10-,14-13-,17-16-. The number of rotatable bonds is 22. The summed E-state index contributed by atoms with van der Waals surface area (Å²) in [5.74, 6) is -2.25. The molecule has 0 aliphatic carbocycles. The van der Waals surface area contributed by atoms with Gasteiger partial charge in [0.15, 0.2) is 0 Å². The Kier molecular flexibility index (Phi) is 21.0. The van der Waals surface area contributed by atoms with Crippen molar-refractivity contribution >= 4 is 23.7 Å². The summed E-state index contributed by atoms with van der Waals surface area (Å²) in [6.07, 6.45) is 27.2. The first-order valence-corrected chi connectivity index (χ1v) is 14.6. The Labute approximate surface area is 254 Å². The number of nitrogens with one attached hydrogen (secondary N) is 2. The number of amides is 2. The topological polar surface area (TPSA) is 143 Å². The highest BCUT2D eigenvalue weighted by molar-refractivity contribution is 5.94. The first kappa shape index (κ1) is 36.9. The van der Waals surface area contributed by atoms with E-state index in [0.717, 1.165) is 63.5 Å². The number of aromatic hydroxyl groups is 1. The molecular weight excluding hydrogens is 552 g/mol. The normalized spacial score (nSPS) is 12.6. The van der Waals surface area contributed by atoms with Gasteiger partial charge in [0, 0.05) is 12.8 Å². The van der Waals surface area contributed by atoms with Crippen LogP contribution < -0.4 is 10.6 Å². The molecule has 0 saturated carbocycles. The molecule has 236 valence electrons. The lowest BCUT2D eigenvalue weighted by atomic mass is 10.2. The van der Waals surface area contributed by atoms with E-state index in [1.165, 1.54) is 13.2 Å². The minimum atomic E-state index is -1.34. The number of ether oxygens (including phenoxy) is 3. The van der Waals surface area contributed by atoms with Crippen LogP contribution in [0.4, 0.5) is 10.5 Å². The van der Waals surface area contributed by atoms with E-state index >= 15 is 0 Å². The van der Waals surface area contributed by atoms with Gasteiger partial charge < -0.3 is 29.7 Å². The molecule has 1 atom stereocenters. The zero-order valence-electron chi connectivity index (χ0n) is 25.2. The van der Waals surface area contributed by atoms with E-state index in [1.54, 1.807) is 0 Å². The summed E-state index contributed by atoms with van der Waals surface area (Å²) in [5.41, 5.74) is -0.219. The molecule has 1 unspecified atom stereocenters. The Morgan fingerprint density at radius 1 is 0.860 bits per heavy atom. The number of phenols is 1. The van der Waals surface area contributed by atoms with Crippen LogP contribution in [0.5, 0.6) is 5.75 Å². The average Bonchev–Trinajstić information content (AvgIpc) is 2.99. The smallest absolute Gasteiger partial charge is 0.411 e. The third-order valence-corrected chi connectivity index (χ3v) is 5.73. The number of anilines is 1. The number of allylic oxidation sites excluding steroid dienone is 10. The Morgan fingerprint density at radius 3 is 2.05 bits per heavy atom. The number of hydrogen-bond donors (Lipinski definition) is 4. The lowest BCUT2D eigenvalue weighted by molar-refractivity contribution is -0.165. The van der Waals surface area contributed by atoms with Gasteiger partial charge in [-0.3, -0.25) is 10.1 Å². The molecule has 0 aliphatic rings. The highest BCUT2D eigenvalue weighted by Gasteiger charge is 2.18. The van der Waals surface area contributed by atoms with Gasteiger partial charge in [-0.2, -0.15) is 0 Å². The molecule has 10 nitrogen and oxygen atoms in total. The van der Waals surface area contributed by atoms with Crippen LogP contribution >= 0.6 is 0 Å². The second-order valence-electron chi connectivity index (χ2n) is 9.23. The average molecular weight is 599 g/mol. The van der Waals surface area contributed by atoms with E-state index in [9.17, 15) is 19.5 Å². The predicted octanol–water partition coefficient (Wildman–Crippen LogP) is 6.67. The number of aromatic carboxylic acids is 1. The SMILES string of the molecule is CC/C=C\C/C=C\C/C=C\C/C=C\C/C=C\CCCCOC(OC)C(=O)NCCOC(=O)Nc1ccc(O)c(C(=O)O)c1. The van der Waals surface area contributed by atoms with Crippen molar-refractivity contribution < 1.29 is 38.8 Å². The lowest BCUT2D eigenvalue weighted by Gasteiger charge is -2.16. The Hall–Kier alpha value is -4.15. The van der Waals surface area contributed by atoms with Crippen molar-refractivity contribution in [3.8, 4) is 5.75 Å². The molecule has 1 rings (SSSR count). The van der Waals surface area contributed by atoms with Crippen molar-refractivity contribution in [2.75, 3.05) is 32.2 Å². The van der Waals surface area contributed by atoms with Crippen LogP contribution in [0.3, 0.4) is 0 Å². The fraction of sp³-hybridized carbons (Fsp3) is 0.424. The summed E-state index contributed by atoms with van der Waals surface area (Å²) >= 11 is 0. The summed E-state index contributed by atoms with van der Waals surface area (Å²) in [6, 6.07) is 3.58. The molecule has 10 heteroatoms. The third kappa shape index (κ3) is 18.8. The summed E-state index contributed by atoms with van der Waals surface area (Å²) in [5, 5.41) is 23.5. The van der Waals surface area contributed by atoms with Gasteiger partial charge in [-0.1, -0.05) is 67.7 Å². The molecular formula is C33H46N2O8. The predicted molar refractivity (Wildman–Crippen MR) is 168 cm³/mol. The number of carbonyl (C=O) groups excluding carboxylic acids is 2. The van der Waals surface area contributed by atoms with Gasteiger partial charge in [-0.15, -0.1) is 0 Å². The highest BCUT2D eigenvalue weighted by atomic mass is 16.7. The second-order valence-corrected chi connectivity index (χ2v) is 9.23. The number of carboxylic acid groups (broad SMARTS) is 1. The van der Waals surface area contributed by atoms with Gasteiger partial charge in [0.25, 0.3) is 5.91 Å². The number of hydrogen-bond acceptors (Lipinski definition) is 7. The molecule has 0 radical (unpaired) electrons. The first-order chi connectivity index (χ1) is 20.9. The number of unbranched alkanes of at least 4 members (excludes halogenated alkanes) is 2. The molecule has 1 aromatic carbocycles. The van der Waals surface area contributed by atoms with Crippen molar-refractivity contribution in [3.05, 3.63) is 84.5 Å². The molecule has 2 amide bonds. The molecule has 0 spiro atoms. The van der Waals surface area contributed by atoms with Gasteiger partial charge in [0.1, 0.15) is 17.9 Å². The van der Waals surface area contributed by atoms with Gasteiger partial charge in [0.2, 0.25) is 6.29 Å². The largest absolute Gasteiger partial charge is 0.507 e. The van der Waals surface area contributed by atoms with Crippen LogP contribution in [0.15, 0.2) is 79.0 Å².